The van der Waals surface area contributed by atoms with Crippen LogP contribution in [0.4, 0.5) is 11.4 Å². The van der Waals surface area contributed by atoms with Crippen LogP contribution < -0.4 is 5.32 Å². The molecule has 0 fully saturated rings. The number of hydrogen-bond acceptors (Lipinski definition) is 5. The van der Waals surface area contributed by atoms with Crippen LogP contribution in [0.2, 0.25) is 0 Å². The predicted molar refractivity (Wildman–Crippen MR) is 95.5 cm³/mol. The van der Waals surface area contributed by atoms with Crippen molar-refractivity contribution >= 4 is 17.3 Å². The first-order chi connectivity index (χ1) is 11.7. The zero-order valence-electron chi connectivity index (χ0n) is 15.2. The Hall–Kier alpha value is -2.74. The minimum atomic E-state index is -0.429. The Kier molecular flexibility index (Phi) is 5.53. The molecule has 1 N–H and O–H groups in total. The number of aryl methyl sites for hydroxylation is 3. The molecule has 0 bridgehead atoms. The van der Waals surface area contributed by atoms with Crippen LogP contribution in [-0.4, -0.2) is 39.1 Å². The predicted octanol–water partition coefficient (Wildman–Crippen LogP) is 2.55. The van der Waals surface area contributed by atoms with Crippen LogP contribution >= 0.6 is 0 Å². The van der Waals surface area contributed by atoms with E-state index in [1.54, 1.807) is 30.5 Å². The Morgan fingerprint density at radius 3 is 2.60 bits per heavy atom. The highest BCUT2D eigenvalue weighted by atomic mass is 16.6. The second kappa shape index (κ2) is 7.43. The quantitative estimate of drug-likeness (QED) is 0.641. The minimum absolute atomic E-state index is 0.0215. The van der Waals surface area contributed by atoms with Gasteiger partial charge in [0.1, 0.15) is 11.4 Å². The SMILES string of the molecule is Cc1ccc(C)c(NC(=O)CN(C)Cn2nc(C)c([N+](=O)[O-])c2C)c1. The molecule has 0 unspecified atom stereocenters. The largest absolute Gasteiger partial charge is 0.325 e. The number of carbonyl (C=O) groups is 1. The molecule has 0 aliphatic carbocycles. The number of rotatable bonds is 6. The average Bonchev–Trinajstić information content (AvgIpc) is 2.76. The van der Waals surface area contributed by atoms with E-state index in [1.807, 2.05) is 32.0 Å². The number of carbonyl (C=O) groups excluding carboxylic acids is 1. The number of amides is 1. The lowest BCUT2D eigenvalue weighted by molar-refractivity contribution is -0.386. The monoisotopic (exact) mass is 345 g/mol. The first-order valence-corrected chi connectivity index (χ1v) is 7.93. The molecule has 134 valence electrons. The third-order valence-corrected chi connectivity index (χ3v) is 3.98. The third kappa shape index (κ3) is 4.42. The lowest BCUT2D eigenvalue weighted by Crippen LogP contribution is -2.32. The second-order valence-corrected chi connectivity index (χ2v) is 6.30. The molecule has 0 radical (unpaired) electrons. The van der Waals surface area contributed by atoms with Crippen molar-refractivity contribution in [3.05, 3.63) is 50.8 Å². The molecule has 8 heteroatoms. The highest BCUT2D eigenvalue weighted by Gasteiger charge is 2.22. The number of benzene rings is 1. The van der Waals surface area contributed by atoms with E-state index < -0.39 is 4.92 Å². The zero-order valence-corrected chi connectivity index (χ0v) is 15.2. The Labute approximate surface area is 146 Å². The molecule has 2 rings (SSSR count). The van der Waals surface area contributed by atoms with Gasteiger partial charge in [-0.2, -0.15) is 5.10 Å². The van der Waals surface area contributed by atoms with Crippen LogP contribution in [0.3, 0.4) is 0 Å². The molecule has 1 amide bonds. The lowest BCUT2D eigenvalue weighted by Gasteiger charge is -2.17. The van der Waals surface area contributed by atoms with Crippen LogP contribution in [0, 0.1) is 37.8 Å². The summed E-state index contributed by atoms with van der Waals surface area (Å²) >= 11 is 0. The van der Waals surface area contributed by atoms with Gasteiger partial charge in [0, 0.05) is 5.69 Å². The van der Waals surface area contributed by atoms with E-state index in [9.17, 15) is 14.9 Å². The second-order valence-electron chi connectivity index (χ2n) is 6.30. The van der Waals surface area contributed by atoms with E-state index in [1.165, 1.54) is 0 Å². The molecule has 0 saturated heterocycles. The summed E-state index contributed by atoms with van der Waals surface area (Å²) in [6.45, 7) is 7.61. The number of aromatic nitrogens is 2. The number of nitrogens with one attached hydrogen (secondary N) is 1. The van der Waals surface area contributed by atoms with Crippen molar-refractivity contribution in [2.45, 2.75) is 34.4 Å². The van der Waals surface area contributed by atoms with Crippen LogP contribution in [0.25, 0.3) is 0 Å². The summed E-state index contributed by atoms with van der Waals surface area (Å²) in [5.41, 5.74) is 3.73. The van der Waals surface area contributed by atoms with Gasteiger partial charge in [-0.3, -0.25) is 19.8 Å². The van der Waals surface area contributed by atoms with Gasteiger partial charge in [0.2, 0.25) is 5.91 Å². The van der Waals surface area contributed by atoms with Gasteiger partial charge < -0.3 is 5.32 Å². The maximum absolute atomic E-state index is 12.3. The Morgan fingerprint density at radius 2 is 2.00 bits per heavy atom. The number of hydrogen-bond donors (Lipinski definition) is 1. The molecule has 2 aromatic rings. The maximum Gasteiger partial charge on any atom is 0.312 e. The molecule has 1 aromatic carbocycles. The summed E-state index contributed by atoms with van der Waals surface area (Å²) in [6, 6.07) is 5.88. The van der Waals surface area contributed by atoms with Gasteiger partial charge in [0.05, 0.1) is 18.1 Å². The first-order valence-electron chi connectivity index (χ1n) is 7.93. The molecule has 0 aliphatic heterocycles. The minimum Gasteiger partial charge on any atom is -0.325 e. The summed E-state index contributed by atoms with van der Waals surface area (Å²) in [5, 5.41) is 18.1. The summed E-state index contributed by atoms with van der Waals surface area (Å²) in [5.74, 6) is -0.146. The maximum atomic E-state index is 12.3. The average molecular weight is 345 g/mol. The Bertz CT molecular complexity index is 813. The number of likely N-dealkylation sites (N-methyl/N-ethyl adjacent to an activating group) is 1. The molecule has 8 nitrogen and oxygen atoms in total. The molecule has 25 heavy (non-hydrogen) atoms. The molecule has 1 heterocycles. The van der Waals surface area contributed by atoms with E-state index in [2.05, 4.69) is 10.4 Å². The third-order valence-electron chi connectivity index (χ3n) is 3.98. The van der Waals surface area contributed by atoms with Crippen molar-refractivity contribution < 1.29 is 9.72 Å². The van der Waals surface area contributed by atoms with Crippen molar-refractivity contribution in [2.24, 2.45) is 0 Å². The van der Waals surface area contributed by atoms with E-state index in [4.69, 9.17) is 0 Å². The fourth-order valence-electron chi connectivity index (χ4n) is 2.67. The number of nitro groups is 1. The first kappa shape index (κ1) is 18.6. The summed E-state index contributed by atoms with van der Waals surface area (Å²) in [7, 11) is 1.77. The molecule has 1 aromatic heterocycles. The Balaban J connectivity index is 2.01. The van der Waals surface area contributed by atoms with E-state index in [0.717, 1.165) is 16.8 Å². The topological polar surface area (TPSA) is 93.3 Å². The summed E-state index contributed by atoms with van der Waals surface area (Å²) in [6.07, 6.45) is 0. The Morgan fingerprint density at radius 1 is 1.32 bits per heavy atom. The van der Waals surface area contributed by atoms with Gasteiger partial charge in [-0.05, 0) is 51.9 Å². The lowest BCUT2D eigenvalue weighted by atomic mass is 10.1. The molecular weight excluding hydrogens is 322 g/mol. The summed E-state index contributed by atoms with van der Waals surface area (Å²) in [4.78, 5) is 24.6. The standard InChI is InChI=1S/C17H23N5O3/c1-11-6-7-12(2)15(8-11)18-16(23)9-20(5)10-21-14(4)17(22(24)25)13(3)19-21/h6-8H,9-10H2,1-5H3,(H,18,23). The van der Waals surface area contributed by atoms with Gasteiger partial charge >= 0.3 is 5.69 Å². The number of anilines is 1. The van der Waals surface area contributed by atoms with Crippen LogP contribution in [-0.2, 0) is 11.5 Å². The van der Waals surface area contributed by atoms with Crippen LogP contribution in [0.5, 0.6) is 0 Å². The smallest absolute Gasteiger partial charge is 0.312 e. The van der Waals surface area contributed by atoms with Crippen molar-refractivity contribution in [1.29, 1.82) is 0 Å². The van der Waals surface area contributed by atoms with Crippen molar-refractivity contribution in [3.63, 3.8) is 0 Å². The van der Waals surface area contributed by atoms with Gasteiger partial charge in [0.15, 0.2) is 0 Å². The van der Waals surface area contributed by atoms with Gasteiger partial charge in [0.25, 0.3) is 0 Å². The van der Waals surface area contributed by atoms with E-state index in [0.29, 0.717) is 18.1 Å². The van der Waals surface area contributed by atoms with Crippen LogP contribution in [0.15, 0.2) is 18.2 Å². The fraction of sp³-hybridized carbons (Fsp3) is 0.412. The summed E-state index contributed by atoms with van der Waals surface area (Å²) < 4.78 is 1.54. The number of nitrogens with zero attached hydrogens (tertiary/aromatic N) is 4. The highest BCUT2D eigenvalue weighted by molar-refractivity contribution is 5.93. The van der Waals surface area contributed by atoms with Gasteiger partial charge in [-0.1, -0.05) is 12.1 Å². The van der Waals surface area contributed by atoms with Crippen LogP contribution in [0.1, 0.15) is 22.5 Å². The molecule has 0 spiro atoms. The highest BCUT2D eigenvalue weighted by Crippen LogP contribution is 2.22. The molecule has 0 atom stereocenters. The van der Waals surface area contributed by atoms with E-state index >= 15 is 0 Å². The molecule has 0 aliphatic rings. The molecular formula is C17H23N5O3. The van der Waals surface area contributed by atoms with Crippen molar-refractivity contribution in [1.82, 2.24) is 14.7 Å². The van der Waals surface area contributed by atoms with Crippen molar-refractivity contribution in [2.75, 3.05) is 18.9 Å². The fourth-order valence-corrected chi connectivity index (χ4v) is 2.67. The van der Waals surface area contributed by atoms with E-state index in [-0.39, 0.29) is 18.1 Å². The van der Waals surface area contributed by atoms with Crippen molar-refractivity contribution in [3.8, 4) is 0 Å². The normalized spacial score (nSPS) is 11.0. The molecule has 0 saturated carbocycles. The van der Waals surface area contributed by atoms with Gasteiger partial charge in [-0.25, -0.2) is 4.68 Å². The van der Waals surface area contributed by atoms with Gasteiger partial charge in [-0.15, -0.1) is 0 Å². The zero-order chi connectivity index (χ0) is 18.7.